The van der Waals surface area contributed by atoms with Gasteiger partial charge in [0.1, 0.15) is 0 Å². The van der Waals surface area contributed by atoms with Crippen molar-refractivity contribution in [2.75, 3.05) is 13.2 Å². The summed E-state index contributed by atoms with van der Waals surface area (Å²) in [4.78, 5) is 24.5. The lowest BCUT2D eigenvalue weighted by Crippen LogP contribution is -2.45. The summed E-state index contributed by atoms with van der Waals surface area (Å²) in [6, 6.07) is -0.632. The summed E-state index contributed by atoms with van der Waals surface area (Å²) >= 11 is 0. The Morgan fingerprint density at radius 2 is 0.723 bits per heavy atom. The molecule has 0 aliphatic carbocycles. The Bertz CT molecular complexity index is 1010. The molecule has 2 atom stereocenters. The lowest BCUT2D eigenvalue weighted by Gasteiger charge is -2.20. The molecule has 0 aliphatic heterocycles. The average Bonchev–Trinajstić information content (AvgIpc) is 3.31. The third kappa shape index (κ3) is 51.6. The van der Waals surface area contributed by atoms with Gasteiger partial charge >= 0.3 is 5.97 Å². The molecule has 0 saturated carbocycles. The molecule has 0 rings (SSSR count). The fraction of sp³-hybridized carbons (Fsp3) is 0.898. The quantitative estimate of drug-likeness (QED) is 0.0321. The highest BCUT2D eigenvalue weighted by molar-refractivity contribution is 5.76. The van der Waals surface area contributed by atoms with E-state index in [1.807, 2.05) is 6.08 Å². The molecule has 0 aromatic carbocycles. The van der Waals surface area contributed by atoms with Gasteiger partial charge in [0.25, 0.3) is 0 Å². The van der Waals surface area contributed by atoms with Crippen molar-refractivity contribution >= 4 is 11.9 Å². The van der Waals surface area contributed by atoms with Gasteiger partial charge in [0.05, 0.1) is 25.4 Å². The average molecular weight is 917 g/mol. The minimum absolute atomic E-state index is 0.00985. The minimum atomic E-state index is -0.848. The normalized spacial score (nSPS) is 12.7. The first-order valence-electron chi connectivity index (χ1n) is 29.1. The van der Waals surface area contributed by atoms with Gasteiger partial charge in [0, 0.05) is 12.8 Å². The van der Waals surface area contributed by atoms with Crippen LogP contribution in [0, 0.1) is 0 Å². The van der Waals surface area contributed by atoms with Crippen molar-refractivity contribution in [2.24, 2.45) is 0 Å². The molecule has 0 aromatic heterocycles. The van der Waals surface area contributed by atoms with E-state index in [-0.39, 0.29) is 18.5 Å². The summed E-state index contributed by atoms with van der Waals surface area (Å²) in [6.45, 7) is 4.90. The molecule has 0 radical (unpaired) electrons. The van der Waals surface area contributed by atoms with Gasteiger partial charge in [-0.25, -0.2) is 0 Å². The van der Waals surface area contributed by atoms with Crippen LogP contribution in [0.2, 0.25) is 0 Å². The predicted octanol–water partition coefficient (Wildman–Crippen LogP) is 17.9. The van der Waals surface area contributed by atoms with E-state index in [0.717, 1.165) is 44.9 Å². The van der Waals surface area contributed by atoms with Crippen LogP contribution in [0.4, 0.5) is 0 Å². The number of rotatable bonds is 54. The summed E-state index contributed by atoms with van der Waals surface area (Å²) < 4.78 is 5.48. The molecule has 1 amide bonds. The van der Waals surface area contributed by atoms with Crippen molar-refractivity contribution in [1.82, 2.24) is 5.32 Å². The highest BCUT2D eigenvalue weighted by Gasteiger charge is 2.18. The summed E-state index contributed by atoms with van der Waals surface area (Å²) in [5.41, 5.74) is 0. The number of hydrogen-bond donors (Lipinski definition) is 3. The maximum absolute atomic E-state index is 12.4. The smallest absolute Gasteiger partial charge is 0.305 e. The van der Waals surface area contributed by atoms with E-state index >= 15 is 0 Å². The molecule has 0 aliphatic rings. The first-order chi connectivity index (χ1) is 32.0. The topological polar surface area (TPSA) is 95.9 Å². The third-order valence-electron chi connectivity index (χ3n) is 13.5. The lowest BCUT2D eigenvalue weighted by molar-refractivity contribution is -0.143. The molecule has 0 heterocycles. The predicted molar refractivity (Wildman–Crippen MR) is 283 cm³/mol. The number of hydrogen-bond acceptors (Lipinski definition) is 5. The standard InChI is InChI=1S/C59H113NO5/c1-3-5-7-9-11-13-15-17-29-33-37-41-45-49-53-59(64)65-54-50-46-42-38-34-30-26-24-22-20-18-19-21-23-25-28-32-36-40-44-48-52-58(63)60-56(55-61)57(62)51-47-43-39-35-31-27-16-14-12-10-8-6-4-2/h19,21,47,51,56-57,61-62H,3-18,20,22-46,48-50,52-55H2,1-2H3,(H,60,63)/b21-19-,51-47+. The maximum atomic E-state index is 12.4. The molecule has 0 saturated heterocycles. The van der Waals surface area contributed by atoms with Gasteiger partial charge in [-0.1, -0.05) is 269 Å². The zero-order chi connectivity index (χ0) is 47.2. The number of amides is 1. The van der Waals surface area contributed by atoms with E-state index in [4.69, 9.17) is 4.74 Å². The van der Waals surface area contributed by atoms with Gasteiger partial charge in [0.2, 0.25) is 5.91 Å². The molecule has 2 unspecified atom stereocenters. The van der Waals surface area contributed by atoms with Crippen LogP contribution in [0.1, 0.15) is 316 Å². The first kappa shape index (κ1) is 63.3. The molecular formula is C59H113NO5. The van der Waals surface area contributed by atoms with Gasteiger partial charge < -0.3 is 20.3 Å². The van der Waals surface area contributed by atoms with Crippen LogP contribution < -0.4 is 5.32 Å². The van der Waals surface area contributed by atoms with Gasteiger partial charge in [-0.05, 0) is 57.8 Å². The van der Waals surface area contributed by atoms with Crippen molar-refractivity contribution in [1.29, 1.82) is 0 Å². The molecule has 3 N–H and O–H groups in total. The Balaban J connectivity index is 3.43. The van der Waals surface area contributed by atoms with E-state index in [2.05, 4.69) is 31.3 Å². The van der Waals surface area contributed by atoms with E-state index in [0.29, 0.717) is 19.4 Å². The molecule has 6 nitrogen and oxygen atoms in total. The number of aliphatic hydroxyl groups excluding tert-OH is 2. The van der Waals surface area contributed by atoms with Crippen LogP contribution in [0.25, 0.3) is 0 Å². The second-order valence-corrected chi connectivity index (χ2v) is 20.0. The second kappa shape index (κ2) is 54.9. The van der Waals surface area contributed by atoms with Crippen molar-refractivity contribution in [2.45, 2.75) is 328 Å². The van der Waals surface area contributed by atoms with Crippen molar-refractivity contribution in [3.8, 4) is 0 Å². The fourth-order valence-corrected chi connectivity index (χ4v) is 8.98. The number of aliphatic hydroxyl groups is 2. The Labute approximate surface area is 405 Å². The Hall–Kier alpha value is -1.66. The van der Waals surface area contributed by atoms with Crippen LogP contribution in [-0.4, -0.2) is 47.4 Å². The zero-order valence-electron chi connectivity index (χ0n) is 43.7. The molecule has 384 valence electrons. The van der Waals surface area contributed by atoms with Crippen molar-refractivity contribution < 1.29 is 24.5 Å². The first-order valence-corrected chi connectivity index (χ1v) is 29.1. The number of nitrogens with one attached hydrogen (secondary N) is 1. The van der Waals surface area contributed by atoms with Gasteiger partial charge in [-0.15, -0.1) is 0 Å². The van der Waals surface area contributed by atoms with E-state index in [1.165, 1.54) is 244 Å². The van der Waals surface area contributed by atoms with Gasteiger partial charge in [-0.2, -0.15) is 0 Å². The number of allylic oxidation sites excluding steroid dienone is 3. The molecule has 0 fully saturated rings. The fourth-order valence-electron chi connectivity index (χ4n) is 8.98. The van der Waals surface area contributed by atoms with Crippen molar-refractivity contribution in [3.05, 3.63) is 24.3 Å². The largest absolute Gasteiger partial charge is 0.466 e. The van der Waals surface area contributed by atoms with Crippen molar-refractivity contribution in [3.63, 3.8) is 0 Å². The Morgan fingerprint density at radius 1 is 0.415 bits per heavy atom. The second-order valence-electron chi connectivity index (χ2n) is 20.0. The van der Waals surface area contributed by atoms with Gasteiger partial charge in [0.15, 0.2) is 0 Å². The molecule has 0 aromatic rings. The summed E-state index contributed by atoms with van der Waals surface area (Å²) in [7, 11) is 0. The van der Waals surface area contributed by atoms with E-state index in [1.54, 1.807) is 6.08 Å². The van der Waals surface area contributed by atoms with Crippen LogP contribution in [-0.2, 0) is 14.3 Å². The zero-order valence-corrected chi connectivity index (χ0v) is 43.7. The van der Waals surface area contributed by atoms with Gasteiger partial charge in [-0.3, -0.25) is 9.59 Å². The number of ether oxygens (including phenoxy) is 1. The molecule has 6 heteroatoms. The number of unbranched alkanes of at least 4 members (excludes halogenated alkanes) is 41. The lowest BCUT2D eigenvalue weighted by atomic mass is 10.0. The number of esters is 1. The monoisotopic (exact) mass is 916 g/mol. The third-order valence-corrected chi connectivity index (χ3v) is 13.5. The Morgan fingerprint density at radius 3 is 1.09 bits per heavy atom. The van der Waals surface area contributed by atoms with Crippen LogP contribution >= 0.6 is 0 Å². The molecule has 0 spiro atoms. The van der Waals surface area contributed by atoms with E-state index < -0.39 is 12.1 Å². The highest BCUT2D eigenvalue weighted by Crippen LogP contribution is 2.17. The molecule has 0 bridgehead atoms. The molecule has 65 heavy (non-hydrogen) atoms. The summed E-state index contributed by atoms with van der Waals surface area (Å²) in [6.07, 6.45) is 66.3. The highest BCUT2D eigenvalue weighted by atomic mass is 16.5. The minimum Gasteiger partial charge on any atom is -0.466 e. The Kier molecular flexibility index (Phi) is 53.5. The maximum Gasteiger partial charge on any atom is 0.305 e. The summed E-state index contributed by atoms with van der Waals surface area (Å²) in [5.74, 6) is -0.0655. The summed E-state index contributed by atoms with van der Waals surface area (Å²) in [5, 5.41) is 23.1. The molecular weight excluding hydrogens is 803 g/mol. The van der Waals surface area contributed by atoms with Crippen LogP contribution in [0.15, 0.2) is 24.3 Å². The number of carbonyl (C=O) groups excluding carboxylic acids is 2. The van der Waals surface area contributed by atoms with Crippen LogP contribution in [0.3, 0.4) is 0 Å². The van der Waals surface area contributed by atoms with Crippen LogP contribution in [0.5, 0.6) is 0 Å². The van der Waals surface area contributed by atoms with E-state index in [9.17, 15) is 19.8 Å². The number of carbonyl (C=O) groups is 2. The SMILES string of the molecule is CCCCCCCCCCCCC/C=C/C(O)C(CO)NC(=O)CCCCCCCCC/C=C\CCCCCCCCCCCCOC(=O)CCCCCCCCCCCCCCCC.